The van der Waals surface area contributed by atoms with Gasteiger partial charge in [-0.25, -0.2) is 0 Å². The van der Waals surface area contributed by atoms with Crippen molar-refractivity contribution < 1.29 is 19.6 Å². The van der Waals surface area contributed by atoms with Crippen molar-refractivity contribution in [2.45, 2.75) is 0 Å². The normalized spacial score (nSPS) is 13.7. The average molecular weight is 310 g/mol. The fourth-order valence-electron chi connectivity index (χ4n) is 2.32. The molecule has 0 spiro atoms. The number of hydrogen-bond donors (Lipinski definition) is 2. The summed E-state index contributed by atoms with van der Waals surface area (Å²) in [7, 11) is 0. The van der Waals surface area contributed by atoms with E-state index in [0.717, 1.165) is 0 Å². The van der Waals surface area contributed by atoms with Crippen LogP contribution in [0.5, 0.6) is 0 Å². The minimum Gasteiger partial charge on any atom is -0.505 e. The lowest BCUT2D eigenvalue weighted by atomic mass is 9.91. The number of Topliss-reactive ketones (excluding diaryl/α,β-unsaturated/α-hetero) is 2. The smallest absolute Gasteiger partial charge is 0.271 e. The fourth-order valence-corrected chi connectivity index (χ4v) is 2.32. The van der Waals surface area contributed by atoms with Crippen LogP contribution in [0.4, 0.5) is 11.4 Å². The number of allylic oxidation sites excluding steroid dienone is 1. The standard InChI is InChI=1S/C16H10N2O5/c19-14-11-6-1-2-7-12(11)15(20)16(21)13(14)17-9-4-3-5-10(8-9)18(22)23/h1-8,17,19H. The summed E-state index contributed by atoms with van der Waals surface area (Å²) in [4.78, 5) is 34.5. The van der Waals surface area contributed by atoms with Crippen LogP contribution in [0, 0.1) is 10.1 Å². The zero-order chi connectivity index (χ0) is 16.6. The lowest BCUT2D eigenvalue weighted by Gasteiger charge is -2.18. The first-order valence-electron chi connectivity index (χ1n) is 6.62. The van der Waals surface area contributed by atoms with E-state index in [9.17, 15) is 24.8 Å². The number of non-ortho nitro benzene ring substituents is 1. The maximum Gasteiger partial charge on any atom is 0.271 e. The number of hydrogen-bond acceptors (Lipinski definition) is 6. The molecule has 1 aliphatic carbocycles. The number of fused-ring (bicyclic) bond motifs is 1. The van der Waals surface area contributed by atoms with Crippen LogP contribution >= 0.6 is 0 Å². The van der Waals surface area contributed by atoms with Crippen molar-refractivity contribution in [1.82, 2.24) is 0 Å². The third kappa shape index (κ3) is 2.44. The number of nitro groups is 1. The Bertz CT molecular complexity index is 886. The Labute approximate surface area is 130 Å². The molecule has 2 aromatic carbocycles. The van der Waals surface area contributed by atoms with Crippen molar-refractivity contribution in [3.05, 3.63) is 75.5 Å². The van der Waals surface area contributed by atoms with E-state index in [1.165, 1.54) is 36.4 Å². The van der Waals surface area contributed by atoms with E-state index in [1.54, 1.807) is 12.1 Å². The summed E-state index contributed by atoms with van der Waals surface area (Å²) in [5.41, 5.74) is 0.116. The SMILES string of the molecule is O=C1C(=O)c2ccccc2C(O)=C1Nc1cccc([N+](=O)[O-])c1. The van der Waals surface area contributed by atoms with Gasteiger partial charge in [0, 0.05) is 28.9 Å². The summed E-state index contributed by atoms with van der Waals surface area (Å²) < 4.78 is 0. The number of aliphatic hydroxyl groups excluding tert-OH is 1. The van der Waals surface area contributed by atoms with Crippen LogP contribution in [0.1, 0.15) is 15.9 Å². The van der Waals surface area contributed by atoms with E-state index in [-0.39, 0.29) is 34.0 Å². The first kappa shape index (κ1) is 14.5. The zero-order valence-electron chi connectivity index (χ0n) is 11.6. The number of benzene rings is 2. The van der Waals surface area contributed by atoms with E-state index >= 15 is 0 Å². The van der Waals surface area contributed by atoms with Crippen molar-refractivity contribution in [3.8, 4) is 0 Å². The molecule has 2 aromatic rings. The largest absolute Gasteiger partial charge is 0.505 e. The number of nitrogens with one attached hydrogen (secondary N) is 1. The highest BCUT2D eigenvalue weighted by molar-refractivity contribution is 6.52. The Morgan fingerprint density at radius 3 is 2.35 bits per heavy atom. The number of nitro benzene ring substituents is 1. The van der Waals surface area contributed by atoms with Gasteiger partial charge < -0.3 is 10.4 Å². The summed E-state index contributed by atoms with van der Waals surface area (Å²) in [6.07, 6.45) is 0. The summed E-state index contributed by atoms with van der Waals surface area (Å²) >= 11 is 0. The molecule has 0 saturated carbocycles. The minimum atomic E-state index is -0.896. The van der Waals surface area contributed by atoms with Gasteiger partial charge in [0.2, 0.25) is 5.78 Å². The highest BCUT2D eigenvalue weighted by atomic mass is 16.6. The molecular formula is C16H10N2O5. The maximum absolute atomic E-state index is 12.2. The molecule has 0 aliphatic heterocycles. The highest BCUT2D eigenvalue weighted by Gasteiger charge is 2.32. The lowest BCUT2D eigenvalue weighted by molar-refractivity contribution is -0.384. The Hall–Kier alpha value is -3.48. The number of carbonyl (C=O) groups is 2. The Morgan fingerprint density at radius 1 is 0.957 bits per heavy atom. The van der Waals surface area contributed by atoms with Gasteiger partial charge in [-0.2, -0.15) is 0 Å². The molecule has 0 bridgehead atoms. The van der Waals surface area contributed by atoms with Crippen molar-refractivity contribution in [1.29, 1.82) is 0 Å². The van der Waals surface area contributed by atoms with Crippen LogP contribution in [0.3, 0.4) is 0 Å². The molecule has 0 amide bonds. The first-order valence-corrected chi connectivity index (χ1v) is 6.62. The number of rotatable bonds is 3. The summed E-state index contributed by atoms with van der Waals surface area (Å²) in [5, 5.41) is 23.6. The predicted molar refractivity (Wildman–Crippen MR) is 82.0 cm³/mol. The predicted octanol–water partition coefficient (Wildman–Crippen LogP) is 2.70. The molecule has 0 radical (unpaired) electrons. The van der Waals surface area contributed by atoms with Gasteiger partial charge in [0.15, 0.2) is 5.76 Å². The highest BCUT2D eigenvalue weighted by Crippen LogP contribution is 2.29. The van der Waals surface area contributed by atoms with Gasteiger partial charge in [0.25, 0.3) is 11.5 Å². The van der Waals surface area contributed by atoms with E-state index < -0.39 is 16.5 Å². The third-order valence-electron chi connectivity index (χ3n) is 3.42. The van der Waals surface area contributed by atoms with Crippen LogP contribution in [-0.4, -0.2) is 21.6 Å². The van der Waals surface area contributed by atoms with E-state index in [4.69, 9.17) is 0 Å². The molecule has 0 fully saturated rings. The quantitative estimate of drug-likeness (QED) is 0.512. The average Bonchev–Trinajstić information content (AvgIpc) is 2.57. The van der Waals surface area contributed by atoms with E-state index in [1.807, 2.05) is 0 Å². The van der Waals surface area contributed by atoms with Crippen molar-refractivity contribution in [2.24, 2.45) is 0 Å². The molecule has 23 heavy (non-hydrogen) atoms. The van der Waals surface area contributed by atoms with E-state index in [0.29, 0.717) is 0 Å². The maximum atomic E-state index is 12.2. The molecule has 7 heteroatoms. The molecule has 2 N–H and O–H groups in total. The number of nitrogens with zero attached hydrogens (tertiary/aromatic N) is 1. The molecule has 0 heterocycles. The summed E-state index contributed by atoms with van der Waals surface area (Å²) in [6, 6.07) is 11.6. The van der Waals surface area contributed by atoms with Crippen LogP contribution in [0.25, 0.3) is 5.76 Å². The molecular weight excluding hydrogens is 300 g/mol. The molecule has 7 nitrogen and oxygen atoms in total. The van der Waals surface area contributed by atoms with Crippen molar-refractivity contribution >= 4 is 28.7 Å². The van der Waals surface area contributed by atoms with Crippen molar-refractivity contribution in [3.63, 3.8) is 0 Å². The molecule has 0 aromatic heterocycles. The van der Waals surface area contributed by atoms with Gasteiger partial charge in [-0.15, -0.1) is 0 Å². The Kier molecular flexibility index (Phi) is 3.38. The molecule has 1 aliphatic rings. The van der Waals surface area contributed by atoms with Crippen LogP contribution in [0.2, 0.25) is 0 Å². The Balaban J connectivity index is 2.06. The van der Waals surface area contributed by atoms with Gasteiger partial charge in [-0.1, -0.05) is 30.3 Å². The number of aliphatic hydroxyl groups is 1. The molecule has 0 atom stereocenters. The second kappa shape index (κ2) is 5.38. The van der Waals surface area contributed by atoms with Crippen LogP contribution in [0.15, 0.2) is 54.2 Å². The van der Waals surface area contributed by atoms with Crippen molar-refractivity contribution in [2.75, 3.05) is 5.32 Å². The van der Waals surface area contributed by atoms with Gasteiger partial charge in [0.1, 0.15) is 5.70 Å². The number of carbonyl (C=O) groups excluding carboxylic acids is 2. The lowest BCUT2D eigenvalue weighted by Crippen LogP contribution is -2.27. The van der Waals surface area contributed by atoms with Gasteiger partial charge in [0.05, 0.1) is 4.92 Å². The third-order valence-corrected chi connectivity index (χ3v) is 3.42. The second-order valence-electron chi connectivity index (χ2n) is 4.86. The minimum absolute atomic E-state index is 0.125. The Morgan fingerprint density at radius 2 is 1.65 bits per heavy atom. The summed E-state index contributed by atoms with van der Waals surface area (Å²) in [5.74, 6) is -2.00. The molecule has 3 rings (SSSR count). The van der Waals surface area contributed by atoms with Gasteiger partial charge in [-0.3, -0.25) is 19.7 Å². The molecule has 0 saturated heterocycles. The number of anilines is 1. The zero-order valence-corrected chi connectivity index (χ0v) is 11.6. The molecule has 114 valence electrons. The second-order valence-corrected chi connectivity index (χ2v) is 4.86. The van der Waals surface area contributed by atoms with Crippen LogP contribution < -0.4 is 5.32 Å². The first-order chi connectivity index (χ1) is 11.0. The monoisotopic (exact) mass is 310 g/mol. The van der Waals surface area contributed by atoms with Gasteiger partial charge >= 0.3 is 0 Å². The summed E-state index contributed by atoms with van der Waals surface area (Å²) in [6.45, 7) is 0. The van der Waals surface area contributed by atoms with E-state index in [2.05, 4.69) is 5.32 Å². The van der Waals surface area contributed by atoms with Gasteiger partial charge in [-0.05, 0) is 6.07 Å². The molecule has 0 unspecified atom stereocenters. The fraction of sp³-hybridized carbons (Fsp3) is 0. The van der Waals surface area contributed by atoms with Crippen LogP contribution in [-0.2, 0) is 4.79 Å². The topological polar surface area (TPSA) is 110 Å². The number of ketones is 2.